The van der Waals surface area contributed by atoms with E-state index in [1.165, 1.54) is 11.1 Å². The molecule has 0 aliphatic carbocycles. The molecule has 0 saturated carbocycles. The summed E-state index contributed by atoms with van der Waals surface area (Å²) in [5, 5.41) is 4.91. The Kier molecular flexibility index (Phi) is 4.79. The number of nitrogens with one attached hydrogen (secondary N) is 1. The third-order valence-corrected chi connectivity index (χ3v) is 4.92. The van der Waals surface area contributed by atoms with Crippen molar-refractivity contribution in [2.24, 2.45) is 0 Å². The molecule has 3 rings (SSSR count). The number of urea groups is 1. The first-order valence-electron chi connectivity index (χ1n) is 7.78. The predicted molar refractivity (Wildman–Crippen MR) is 86.1 cm³/mol. The molecule has 1 aromatic heterocycles. The van der Waals surface area contributed by atoms with Gasteiger partial charge in [-0.05, 0) is 24.3 Å². The highest BCUT2D eigenvalue weighted by atomic mass is 32.1. The normalized spacial score (nSPS) is 20.8. The third kappa shape index (κ3) is 3.25. The zero-order chi connectivity index (χ0) is 18.0. The maximum Gasteiger partial charge on any atom is 0.358 e. The molecule has 1 atom stereocenters. The van der Waals surface area contributed by atoms with Gasteiger partial charge in [0.1, 0.15) is 12.3 Å². The fraction of sp³-hybridized carbons (Fsp3) is 0.400. The van der Waals surface area contributed by atoms with E-state index in [2.05, 4.69) is 5.43 Å². The summed E-state index contributed by atoms with van der Waals surface area (Å²) in [7, 11) is 0. The number of hydrogen-bond acceptors (Lipinski definition) is 6. The topological polar surface area (TPSA) is 107 Å². The minimum Gasteiger partial charge on any atom is -0.301 e. The van der Waals surface area contributed by atoms with Gasteiger partial charge in [0, 0.05) is 13.0 Å². The fourth-order valence-electron chi connectivity index (χ4n) is 2.83. The number of aldehydes is 1. The molecule has 0 radical (unpaired) electrons. The number of Topliss-reactive ketones (excluding diaryl/α,β-unsaturated/α-hetero) is 1. The van der Waals surface area contributed by atoms with E-state index in [-0.39, 0.29) is 23.7 Å². The molecule has 0 aromatic carbocycles. The monoisotopic (exact) mass is 364 g/mol. The van der Waals surface area contributed by atoms with Crippen LogP contribution in [-0.4, -0.2) is 64.1 Å². The molecular formula is C15H16N4O5S. The van der Waals surface area contributed by atoms with Crippen molar-refractivity contribution in [1.29, 1.82) is 0 Å². The van der Waals surface area contributed by atoms with E-state index in [4.69, 9.17) is 0 Å². The molecule has 4 amide bonds. The lowest BCUT2D eigenvalue weighted by molar-refractivity contribution is -0.151. The van der Waals surface area contributed by atoms with Crippen molar-refractivity contribution in [3.05, 3.63) is 22.4 Å². The number of nitrogens with zero attached hydrogens (tertiary/aromatic N) is 3. The minimum absolute atomic E-state index is 0.0126. The lowest BCUT2D eigenvalue weighted by Crippen LogP contribution is -2.61. The van der Waals surface area contributed by atoms with Crippen LogP contribution in [-0.2, 0) is 14.4 Å². The molecule has 2 saturated heterocycles. The number of fused-ring (bicyclic) bond motifs is 1. The molecule has 10 heteroatoms. The van der Waals surface area contributed by atoms with Crippen molar-refractivity contribution in [2.45, 2.75) is 25.3 Å². The Morgan fingerprint density at radius 1 is 1.28 bits per heavy atom. The lowest BCUT2D eigenvalue weighted by Gasteiger charge is -2.41. The first-order valence-corrected chi connectivity index (χ1v) is 8.66. The van der Waals surface area contributed by atoms with E-state index in [9.17, 15) is 24.0 Å². The van der Waals surface area contributed by atoms with E-state index in [0.717, 1.165) is 21.4 Å². The maximum absolute atomic E-state index is 12.7. The lowest BCUT2D eigenvalue weighted by atomic mass is 10.1. The number of amides is 4. The molecule has 132 valence electrons. The van der Waals surface area contributed by atoms with Crippen LogP contribution in [0.4, 0.5) is 4.79 Å². The Balaban J connectivity index is 1.78. The SMILES string of the molecule is O=C[C@@H]1CCCN2C(=O)CCN(NC(=O)C(=O)c3cccs3)C(=O)N12. The van der Waals surface area contributed by atoms with Gasteiger partial charge in [-0.3, -0.25) is 19.8 Å². The van der Waals surface area contributed by atoms with Gasteiger partial charge in [0.15, 0.2) is 0 Å². The van der Waals surface area contributed by atoms with Crippen molar-refractivity contribution in [3.8, 4) is 0 Å². The summed E-state index contributed by atoms with van der Waals surface area (Å²) in [5.74, 6) is -2.03. The summed E-state index contributed by atoms with van der Waals surface area (Å²) in [5.41, 5.74) is 2.26. The molecule has 9 nitrogen and oxygen atoms in total. The highest BCUT2D eigenvalue weighted by molar-refractivity contribution is 7.13. The van der Waals surface area contributed by atoms with Crippen molar-refractivity contribution in [1.82, 2.24) is 20.5 Å². The Morgan fingerprint density at radius 2 is 2.08 bits per heavy atom. The van der Waals surface area contributed by atoms with E-state index < -0.39 is 23.8 Å². The van der Waals surface area contributed by atoms with Crippen molar-refractivity contribution in [3.63, 3.8) is 0 Å². The maximum atomic E-state index is 12.7. The number of carbonyl (C=O) groups is 5. The van der Waals surface area contributed by atoms with E-state index in [1.807, 2.05) is 0 Å². The second kappa shape index (κ2) is 7.01. The molecule has 2 aliphatic rings. The largest absolute Gasteiger partial charge is 0.358 e. The Morgan fingerprint density at radius 3 is 2.76 bits per heavy atom. The molecule has 1 N–H and O–H groups in total. The number of thiophene rings is 1. The van der Waals surface area contributed by atoms with Crippen LogP contribution in [0.3, 0.4) is 0 Å². The van der Waals surface area contributed by atoms with Crippen LogP contribution in [0.5, 0.6) is 0 Å². The molecule has 3 heterocycles. The Bertz CT molecular complexity index is 720. The molecule has 0 spiro atoms. The van der Waals surface area contributed by atoms with Gasteiger partial charge >= 0.3 is 11.9 Å². The minimum atomic E-state index is -0.962. The summed E-state index contributed by atoms with van der Waals surface area (Å²) < 4.78 is 0. The quantitative estimate of drug-likeness (QED) is 0.466. The summed E-state index contributed by atoms with van der Waals surface area (Å²) >= 11 is 1.12. The van der Waals surface area contributed by atoms with Crippen molar-refractivity contribution in [2.75, 3.05) is 13.1 Å². The smallest absolute Gasteiger partial charge is 0.301 e. The summed E-state index contributed by atoms with van der Waals surface area (Å²) in [6, 6.07) is 1.68. The number of rotatable bonds is 4. The van der Waals surface area contributed by atoms with E-state index in [0.29, 0.717) is 25.7 Å². The van der Waals surface area contributed by atoms with Crippen molar-refractivity contribution < 1.29 is 24.0 Å². The van der Waals surface area contributed by atoms with Crippen LogP contribution in [0.2, 0.25) is 0 Å². The predicted octanol–water partition coefficient (Wildman–Crippen LogP) is 0.195. The van der Waals surface area contributed by atoms with Crippen LogP contribution < -0.4 is 5.43 Å². The van der Waals surface area contributed by atoms with Gasteiger partial charge in [0.25, 0.3) is 5.78 Å². The molecule has 0 bridgehead atoms. The van der Waals surface area contributed by atoms with Gasteiger partial charge in [-0.2, -0.15) is 0 Å². The highest BCUT2D eigenvalue weighted by Gasteiger charge is 2.41. The van der Waals surface area contributed by atoms with Crippen LogP contribution in [0.25, 0.3) is 0 Å². The summed E-state index contributed by atoms with van der Waals surface area (Å²) in [6.07, 6.45) is 1.65. The average molecular weight is 364 g/mol. The van der Waals surface area contributed by atoms with Gasteiger partial charge in [0.05, 0.1) is 11.4 Å². The van der Waals surface area contributed by atoms with Crippen LogP contribution in [0, 0.1) is 0 Å². The second-order valence-corrected chi connectivity index (χ2v) is 6.59. The highest BCUT2D eigenvalue weighted by Crippen LogP contribution is 2.22. The van der Waals surface area contributed by atoms with Gasteiger partial charge < -0.3 is 4.79 Å². The molecule has 1 aromatic rings. The Hall–Kier alpha value is -2.75. The number of ketones is 1. The standard InChI is InChI=1S/C15H16N4O5S/c20-9-10-3-1-6-18-12(21)5-7-17(15(24)19(10)18)16-14(23)13(22)11-4-2-8-25-11/h2,4,8-10H,1,3,5-7H2,(H,16,23)/t10-/m0/s1. The molecule has 25 heavy (non-hydrogen) atoms. The van der Waals surface area contributed by atoms with Gasteiger partial charge in [-0.25, -0.2) is 19.8 Å². The van der Waals surface area contributed by atoms with E-state index >= 15 is 0 Å². The summed E-state index contributed by atoms with van der Waals surface area (Å²) in [4.78, 5) is 60.6. The first kappa shape index (κ1) is 17.1. The van der Waals surface area contributed by atoms with Crippen LogP contribution >= 0.6 is 11.3 Å². The van der Waals surface area contributed by atoms with Crippen LogP contribution in [0.1, 0.15) is 28.9 Å². The zero-order valence-electron chi connectivity index (χ0n) is 13.2. The summed E-state index contributed by atoms with van der Waals surface area (Å²) in [6.45, 7) is 0.268. The van der Waals surface area contributed by atoms with Crippen LogP contribution in [0.15, 0.2) is 17.5 Å². The first-order chi connectivity index (χ1) is 12.0. The van der Waals surface area contributed by atoms with E-state index in [1.54, 1.807) is 11.4 Å². The molecular weight excluding hydrogens is 348 g/mol. The average Bonchev–Trinajstić information content (AvgIpc) is 3.13. The molecule has 2 aliphatic heterocycles. The van der Waals surface area contributed by atoms with Gasteiger partial charge in [0.2, 0.25) is 5.91 Å². The number of hydrogen-bond donors (Lipinski definition) is 1. The molecule has 0 unspecified atom stereocenters. The van der Waals surface area contributed by atoms with Gasteiger partial charge in [-0.1, -0.05) is 6.07 Å². The fourth-order valence-corrected chi connectivity index (χ4v) is 3.49. The third-order valence-electron chi connectivity index (χ3n) is 4.05. The second-order valence-electron chi connectivity index (χ2n) is 5.64. The number of carbonyl (C=O) groups excluding carboxylic acids is 5. The Labute approximate surface area is 147 Å². The van der Waals surface area contributed by atoms with Crippen molar-refractivity contribution >= 4 is 41.3 Å². The zero-order valence-corrected chi connectivity index (χ0v) is 14.0. The number of hydrazine groups is 2. The molecule has 2 fully saturated rings. The van der Waals surface area contributed by atoms with Gasteiger partial charge in [-0.15, -0.1) is 11.3 Å².